The van der Waals surface area contributed by atoms with E-state index in [1.54, 1.807) is 87.9 Å². The number of carbonyl (C=O) groups is 2. The Labute approximate surface area is 336 Å². The molecule has 4 atom stereocenters. The Hall–Kier alpha value is -5.32. The zero-order valence-electron chi connectivity index (χ0n) is 34.0. The smallest absolute Gasteiger partial charge is 0.322 e. The third-order valence-electron chi connectivity index (χ3n) is 12.2. The van der Waals surface area contributed by atoms with Gasteiger partial charge >= 0.3 is 6.03 Å². The lowest BCUT2D eigenvalue weighted by molar-refractivity contribution is -0.0773. The average molecular weight is 777 g/mol. The number of amides is 2. The molecule has 1 saturated carbocycles. The molecule has 10 nitrogen and oxygen atoms in total. The Bertz CT molecular complexity index is 2060. The number of allylic oxidation sites excluding steroid dienone is 2. The van der Waals surface area contributed by atoms with Crippen molar-refractivity contribution in [3.63, 3.8) is 0 Å². The number of nitrogens with zero attached hydrogens (tertiary/aromatic N) is 1. The zero-order chi connectivity index (χ0) is 40.7. The first-order valence-electron chi connectivity index (χ1n) is 19.7. The lowest BCUT2D eigenvalue weighted by Gasteiger charge is -2.46. The molecule has 0 heterocycles. The van der Waals surface area contributed by atoms with Crippen LogP contribution >= 0.6 is 0 Å². The molecular formula is C47H56N2O8. The predicted octanol–water partition coefficient (Wildman–Crippen LogP) is 8.72. The van der Waals surface area contributed by atoms with Gasteiger partial charge in [-0.3, -0.25) is 4.79 Å². The van der Waals surface area contributed by atoms with Crippen molar-refractivity contribution < 1.29 is 38.7 Å². The van der Waals surface area contributed by atoms with Gasteiger partial charge in [0.1, 0.15) is 23.0 Å². The summed E-state index contributed by atoms with van der Waals surface area (Å²) in [5, 5.41) is 27.3. The Kier molecular flexibility index (Phi) is 12.9. The molecule has 2 bridgehead atoms. The van der Waals surface area contributed by atoms with Crippen LogP contribution in [0.25, 0.3) is 0 Å². The summed E-state index contributed by atoms with van der Waals surface area (Å²) in [7, 11) is 6.35. The van der Waals surface area contributed by atoms with Crippen LogP contribution in [0.2, 0.25) is 0 Å². The number of rotatable bonds is 11. The van der Waals surface area contributed by atoms with Gasteiger partial charge in [0.15, 0.2) is 5.78 Å². The summed E-state index contributed by atoms with van der Waals surface area (Å²) in [6, 6.07) is 25.3. The molecule has 2 amide bonds. The Morgan fingerprint density at radius 3 is 2.16 bits per heavy atom. The predicted molar refractivity (Wildman–Crippen MR) is 222 cm³/mol. The number of nitrogens with one attached hydrogen (secondary N) is 1. The number of urea groups is 1. The van der Waals surface area contributed by atoms with Crippen molar-refractivity contribution >= 4 is 17.5 Å². The van der Waals surface area contributed by atoms with Crippen LogP contribution in [0.15, 0.2) is 96.6 Å². The number of ketones is 1. The summed E-state index contributed by atoms with van der Waals surface area (Å²) in [5.74, 6) is 2.15. The van der Waals surface area contributed by atoms with E-state index in [1.165, 1.54) is 5.57 Å². The molecule has 0 radical (unpaired) electrons. The summed E-state index contributed by atoms with van der Waals surface area (Å²) in [6.45, 7) is 4.38. The SMILES string of the molecule is COc1ccc(NC(=O)N(Cc2ccc(OC)cc2OC)C[C@]2(O)CC[C@H]3c4ccc(cc4C(=O)c4ccc(OC)cc4)C[C@@H](O)CCC(C)=CCC[C@@]32C)cc1. The molecule has 3 N–H and O–H groups in total. The molecule has 3 aliphatic rings. The second-order valence-electron chi connectivity index (χ2n) is 15.7. The third kappa shape index (κ3) is 9.13. The average Bonchev–Trinajstić information content (AvgIpc) is 3.48. The first-order chi connectivity index (χ1) is 27.4. The number of ether oxygens (including phenoxy) is 4. The van der Waals surface area contributed by atoms with E-state index in [2.05, 4.69) is 25.2 Å². The molecule has 3 aliphatic carbocycles. The molecule has 4 aromatic rings. The molecule has 0 aromatic heterocycles. The minimum absolute atomic E-state index is 0.0197. The van der Waals surface area contributed by atoms with Crippen LogP contribution < -0.4 is 24.3 Å². The van der Waals surface area contributed by atoms with Gasteiger partial charge in [-0.15, -0.1) is 0 Å². The number of hydrogen-bond donors (Lipinski definition) is 3. The molecule has 10 heteroatoms. The molecular weight excluding hydrogens is 721 g/mol. The number of methoxy groups -OCH3 is 4. The first kappa shape index (κ1) is 41.3. The van der Waals surface area contributed by atoms with Crippen LogP contribution in [0, 0.1) is 5.41 Å². The monoisotopic (exact) mass is 776 g/mol. The number of benzene rings is 4. The largest absolute Gasteiger partial charge is 0.497 e. The maximum Gasteiger partial charge on any atom is 0.322 e. The second kappa shape index (κ2) is 17.9. The van der Waals surface area contributed by atoms with Gasteiger partial charge in [-0.25, -0.2) is 4.79 Å². The summed E-state index contributed by atoms with van der Waals surface area (Å²) >= 11 is 0. The fourth-order valence-electron chi connectivity index (χ4n) is 8.67. The van der Waals surface area contributed by atoms with Crippen LogP contribution in [0.5, 0.6) is 23.0 Å². The second-order valence-corrected chi connectivity index (χ2v) is 15.7. The van der Waals surface area contributed by atoms with E-state index in [-0.39, 0.29) is 30.8 Å². The van der Waals surface area contributed by atoms with Gasteiger partial charge in [0.25, 0.3) is 0 Å². The van der Waals surface area contributed by atoms with Crippen LogP contribution in [0.3, 0.4) is 0 Å². The number of carbonyl (C=O) groups excluding carboxylic acids is 2. The van der Waals surface area contributed by atoms with Crippen molar-refractivity contribution in [2.45, 2.75) is 83.0 Å². The van der Waals surface area contributed by atoms with Crippen molar-refractivity contribution in [3.8, 4) is 23.0 Å². The fraction of sp³-hybridized carbons (Fsp3) is 0.404. The van der Waals surface area contributed by atoms with Crippen molar-refractivity contribution in [1.82, 2.24) is 4.90 Å². The van der Waals surface area contributed by atoms with E-state index in [9.17, 15) is 19.8 Å². The Balaban J connectivity index is 1.43. The van der Waals surface area contributed by atoms with Crippen molar-refractivity contribution in [2.75, 3.05) is 40.3 Å². The normalized spacial score (nSPS) is 22.1. The topological polar surface area (TPSA) is 127 Å². The van der Waals surface area contributed by atoms with Crippen LogP contribution in [-0.4, -0.2) is 73.6 Å². The fourth-order valence-corrected chi connectivity index (χ4v) is 8.67. The number of hydrogen-bond acceptors (Lipinski definition) is 8. The Morgan fingerprint density at radius 1 is 0.825 bits per heavy atom. The number of fused-ring (bicyclic) bond motifs is 8. The minimum Gasteiger partial charge on any atom is -0.497 e. The van der Waals surface area contributed by atoms with Crippen molar-refractivity contribution in [2.24, 2.45) is 5.41 Å². The van der Waals surface area contributed by atoms with E-state index in [1.807, 2.05) is 30.3 Å². The van der Waals surface area contributed by atoms with E-state index in [0.717, 1.165) is 23.1 Å². The van der Waals surface area contributed by atoms with Crippen LogP contribution in [0.1, 0.15) is 90.9 Å². The first-order valence-corrected chi connectivity index (χ1v) is 19.7. The molecule has 302 valence electrons. The highest BCUT2D eigenvalue weighted by Crippen LogP contribution is 2.59. The van der Waals surface area contributed by atoms with Gasteiger partial charge in [0, 0.05) is 33.9 Å². The van der Waals surface area contributed by atoms with Crippen molar-refractivity contribution in [3.05, 3.63) is 124 Å². The summed E-state index contributed by atoms with van der Waals surface area (Å²) in [4.78, 5) is 30.6. The van der Waals surface area contributed by atoms with Crippen LogP contribution in [0.4, 0.5) is 10.5 Å². The number of aliphatic hydroxyl groups excluding tert-OH is 1. The van der Waals surface area contributed by atoms with E-state index >= 15 is 0 Å². The quantitative estimate of drug-likeness (QED) is 0.102. The Morgan fingerprint density at radius 2 is 1.49 bits per heavy atom. The van der Waals surface area contributed by atoms with Gasteiger partial charge in [0.2, 0.25) is 0 Å². The molecule has 57 heavy (non-hydrogen) atoms. The number of anilines is 1. The molecule has 0 aliphatic heterocycles. The van der Waals surface area contributed by atoms with Crippen molar-refractivity contribution in [1.29, 1.82) is 0 Å². The molecule has 0 saturated heterocycles. The van der Waals surface area contributed by atoms with E-state index < -0.39 is 17.1 Å². The highest BCUT2D eigenvalue weighted by atomic mass is 16.5. The summed E-state index contributed by atoms with van der Waals surface area (Å²) in [5.41, 5.74) is 3.22. The van der Waals surface area contributed by atoms with E-state index in [4.69, 9.17) is 18.9 Å². The van der Waals surface area contributed by atoms with Gasteiger partial charge < -0.3 is 39.4 Å². The lowest BCUT2D eigenvalue weighted by Crippen LogP contribution is -2.54. The zero-order valence-corrected chi connectivity index (χ0v) is 34.0. The molecule has 0 unspecified atom stereocenters. The van der Waals surface area contributed by atoms with E-state index in [0.29, 0.717) is 78.3 Å². The minimum atomic E-state index is -1.36. The molecule has 4 aromatic carbocycles. The maximum absolute atomic E-state index is 14.5. The van der Waals surface area contributed by atoms with Gasteiger partial charge in [-0.2, -0.15) is 0 Å². The summed E-state index contributed by atoms with van der Waals surface area (Å²) < 4.78 is 21.9. The number of aliphatic hydroxyl groups is 2. The lowest BCUT2D eigenvalue weighted by atomic mass is 9.64. The summed E-state index contributed by atoms with van der Waals surface area (Å²) in [6.07, 6.45) is 5.71. The molecule has 7 rings (SSSR count). The molecule has 1 fully saturated rings. The highest BCUT2D eigenvalue weighted by molar-refractivity contribution is 6.10. The maximum atomic E-state index is 14.5. The highest BCUT2D eigenvalue weighted by Gasteiger charge is 2.57. The third-order valence-corrected chi connectivity index (χ3v) is 12.2. The standard InChI is InChI=1S/C47H56N2O8/c1-31-8-7-24-46(2)42(40-22-10-32(26-36(50)16-9-31)27-41(40)44(51)33-11-17-37(54-3)18-12-33)23-25-47(46,53)30-49(29-34-13-19-39(56-5)28-43(34)57-6)45(52)48-35-14-20-38(55-4)21-15-35/h8,10-15,17-22,27-28,36,42,50,53H,7,9,16,23-26,29-30H2,1-6H3,(H,48,52)/t36-,42-,46-,47+/m0/s1. The van der Waals surface area contributed by atoms with Gasteiger partial charge in [0.05, 0.1) is 53.2 Å². The van der Waals surface area contributed by atoms with Crippen LogP contribution in [-0.2, 0) is 13.0 Å². The van der Waals surface area contributed by atoms with Gasteiger partial charge in [-0.05, 0) is 136 Å². The molecule has 0 spiro atoms. The van der Waals surface area contributed by atoms with Gasteiger partial charge in [-0.1, -0.05) is 30.7 Å².